The van der Waals surface area contributed by atoms with Crippen molar-refractivity contribution in [2.24, 2.45) is 7.05 Å². The number of aryl methyl sites for hydroxylation is 1. The molecule has 0 unspecified atom stereocenters. The minimum atomic E-state index is -3.56. The Balaban J connectivity index is 1.82. The molecule has 120 valence electrons. The van der Waals surface area contributed by atoms with E-state index in [4.69, 9.17) is 23.2 Å². The van der Waals surface area contributed by atoms with E-state index in [-0.39, 0.29) is 15.8 Å². The van der Waals surface area contributed by atoms with Crippen LogP contribution in [0.1, 0.15) is 0 Å². The molecule has 0 bridgehead atoms. The molecule has 3 aromatic rings. The van der Waals surface area contributed by atoms with Gasteiger partial charge in [0, 0.05) is 34.9 Å². The van der Waals surface area contributed by atoms with Crippen LogP contribution in [0.15, 0.2) is 53.6 Å². The molecule has 0 radical (unpaired) electrons. The lowest BCUT2D eigenvalue weighted by Gasteiger charge is -2.10. The topological polar surface area (TPSA) is 51.1 Å². The van der Waals surface area contributed by atoms with Crippen molar-refractivity contribution in [3.05, 3.63) is 58.7 Å². The second-order valence-electron chi connectivity index (χ2n) is 5.21. The quantitative estimate of drug-likeness (QED) is 0.745. The third-order valence-corrected chi connectivity index (χ3v) is 5.79. The van der Waals surface area contributed by atoms with Crippen LogP contribution < -0.4 is 5.32 Å². The van der Waals surface area contributed by atoms with Crippen molar-refractivity contribution in [2.75, 3.05) is 11.2 Å². The predicted molar refractivity (Wildman–Crippen MR) is 95.1 cm³/mol. The molecule has 0 saturated heterocycles. The monoisotopic (exact) mass is 368 g/mol. The highest BCUT2D eigenvalue weighted by Gasteiger charge is 2.18. The molecule has 23 heavy (non-hydrogen) atoms. The van der Waals surface area contributed by atoms with Crippen LogP contribution in [0.4, 0.5) is 5.69 Å². The van der Waals surface area contributed by atoms with Gasteiger partial charge in [0.05, 0.1) is 9.92 Å². The highest BCUT2D eigenvalue weighted by Crippen LogP contribution is 2.26. The summed E-state index contributed by atoms with van der Waals surface area (Å²) in [6.45, 7) is 0. The third-order valence-electron chi connectivity index (χ3n) is 3.58. The number of benzene rings is 2. The average molecular weight is 369 g/mol. The second kappa shape index (κ2) is 6.07. The van der Waals surface area contributed by atoms with E-state index in [1.165, 1.54) is 18.2 Å². The highest BCUT2D eigenvalue weighted by molar-refractivity contribution is 7.91. The Morgan fingerprint density at radius 2 is 1.87 bits per heavy atom. The lowest BCUT2D eigenvalue weighted by Crippen LogP contribution is -2.15. The Morgan fingerprint density at radius 3 is 2.61 bits per heavy atom. The van der Waals surface area contributed by atoms with Crippen LogP contribution in [0.5, 0.6) is 0 Å². The van der Waals surface area contributed by atoms with Crippen molar-refractivity contribution in [1.29, 1.82) is 0 Å². The Morgan fingerprint density at radius 1 is 1.09 bits per heavy atom. The van der Waals surface area contributed by atoms with Crippen LogP contribution >= 0.6 is 23.2 Å². The van der Waals surface area contributed by atoms with Crippen LogP contribution in [-0.4, -0.2) is 18.9 Å². The number of fused-ring (bicyclic) bond motifs is 1. The van der Waals surface area contributed by atoms with E-state index in [9.17, 15) is 8.42 Å². The van der Waals surface area contributed by atoms with Gasteiger partial charge in [-0.2, -0.15) is 0 Å². The standard InChI is InChI=1S/C16H14Cl2N2O2S/c1-20-7-6-11-8-13(3-4-15(11)20)19-10-23(21,22)16-5-2-12(17)9-14(16)18/h2-9,19H,10H2,1H3. The first-order valence-electron chi connectivity index (χ1n) is 6.83. The maximum Gasteiger partial charge on any atom is 0.197 e. The van der Waals surface area contributed by atoms with Crippen LogP contribution in [0, 0.1) is 0 Å². The first-order chi connectivity index (χ1) is 10.9. The molecule has 0 fully saturated rings. The fourth-order valence-electron chi connectivity index (χ4n) is 2.38. The number of sulfone groups is 1. The van der Waals surface area contributed by atoms with Crippen LogP contribution in [0.25, 0.3) is 10.9 Å². The van der Waals surface area contributed by atoms with E-state index < -0.39 is 9.84 Å². The molecule has 1 heterocycles. The van der Waals surface area contributed by atoms with Gasteiger partial charge < -0.3 is 9.88 Å². The zero-order valence-electron chi connectivity index (χ0n) is 12.3. The fourth-order valence-corrected chi connectivity index (χ4v) is 4.28. The molecular weight excluding hydrogens is 355 g/mol. The fraction of sp³-hybridized carbons (Fsp3) is 0.125. The normalized spacial score (nSPS) is 11.8. The van der Waals surface area contributed by atoms with Gasteiger partial charge in [-0.05, 0) is 42.5 Å². The Labute approximate surface area is 144 Å². The zero-order chi connectivity index (χ0) is 16.6. The first kappa shape index (κ1) is 16.2. The summed E-state index contributed by atoms with van der Waals surface area (Å²) in [4.78, 5) is 0.0665. The van der Waals surface area contributed by atoms with Crippen molar-refractivity contribution in [2.45, 2.75) is 4.90 Å². The zero-order valence-corrected chi connectivity index (χ0v) is 14.6. The van der Waals surface area contributed by atoms with E-state index >= 15 is 0 Å². The van der Waals surface area contributed by atoms with E-state index in [0.717, 1.165) is 16.6 Å². The molecule has 1 aromatic heterocycles. The van der Waals surface area contributed by atoms with Crippen LogP contribution in [0.2, 0.25) is 10.0 Å². The smallest absolute Gasteiger partial charge is 0.197 e. The number of aromatic nitrogens is 1. The largest absolute Gasteiger partial charge is 0.371 e. The van der Waals surface area contributed by atoms with E-state index in [1.807, 2.05) is 42.1 Å². The molecule has 4 nitrogen and oxygen atoms in total. The van der Waals surface area contributed by atoms with Gasteiger partial charge in [-0.25, -0.2) is 8.42 Å². The SMILES string of the molecule is Cn1ccc2cc(NCS(=O)(=O)c3ccc(Cl)cc3Cl)ccc21. The van der Waals surface area contributed by atoms with Gasteiger partial charge in [0.2, 0.25) is 0 Å². The maximum absolute atomic E-state index is 12.4. The Kier molecular flexibility index (Phi) is 4.27. The molecule has 0 amide bonds. The summed E-state index contributed by atoms with van der Waals surface area (Å²) in [6, 6.07) is 12.0. The lowest BCUT2D eigenvalue weighted by atomic mass is 10.2. The molecule has 0 spiro atoms. The number of halogens is 2. The number of rotatable bonds is 4. The summed E-state index contributed by atoms with van der Waals surface area (Å²) in [7, 11) is -1.60. The summed E-state index contributed by atoms with van der Waals surface area (Å²) in [5.74, 6) is -0.243. The van der Waals surface area contributed by atoms with Gasteiger partial charge in [0.1, 0.15) is 5.88 Å². The summed E-state index contributed by atoms with van der Waals surface area (Å²) in [5.41, 5.74) is 1.82. The minimum absolute atomic E-state index is 0.0665. The average Bonchev–Trinajstić information content (AvgIpc) is 2.86. The molecule has 0 aliphatic heterocycles. The number of nitrogens with one attached hydrogen (secondary N) is 1. The number of nitrogens with zero attached hydrogens (tertiary/aromatic N) is 1. The van der Waals surface area contributed by atoms with Gasteiger partial charge in [-0.1, -0.05) is 23.2 Å². The summed E-state index contributed by atoms with van der Waals surface area (Å²) in [5, 5.41) is 4.50. The van der Waals surface area contributed by atoms with Crippen molar-refractivity contribution < 1.29 is 8.42 Å². The lowest BCUT2D eigenvalue weighted by molar-refractivity contribution is 0.598. The molecule has 2 aromatic carbocycles. The third kappa shape index (κ3) is 3.32. The molecule has 0 saturated carbocycles. The van der Waals surface area contributed by atoms with Crippen LogP contribution in [0.3, 0.4) is 0 Å². The molecule has 3 rings (SSSR count). The molecular formula is C16H14Cl2N2O2S. The van der Waals surface area contributed by atoms with E-state index in [2.05, 4.69) is 5.32 Å². The maximum atomic E-state index is 12.4. The van der Waals surface area contributed by atoms with Crippen molar-refractivity contribution in [1.82, 2.24) is 4.57 Å². The highest BCUT2D eigenvalue weighted by atomic mass is 35.5. The Bertz CT molecular complexity index is 981. The molecule has 0 atom stereocenters. The van der Waals surface area contributed by atoms with Crippen molar-refractivity contribution in [3.63, 3.8) is 0 Å². The molecule has 0 aliphatic carbocycles. The summed E-state index contributed by atoms with van der Waals surface area (Å²) >= 11 is 11.8. The molecule has 0 aliphatic rings. The minimum Gasteiger partial charge on any atom is -0.371 e. The van der Waals surface area contributed by atoms with E-state index in [0.29, 0.717) is 5.02 Å². The van der Waals surface area contributed by atoms with Crippen LogP contribution in [-0.2, 0) is 16.9 Å². The predicted octanol–water partition coefficient (Wildman–Crippen LogP) is 4.33. The van der Waals surface area contributed by atoms with Crippen molar-refractivity contribution >= 4 is 49.6 Å². The number of anilines is 1. The number of hydrogen-bond acceptors (Lipinski definition) is 3. The molecule has 7 heteroatoms. The van der Waals surface area contributed by atoms with Gasteiger partial charge in [0.15, 0.2) is 9.84 Å². The summed E-state index contributed by atoms with van der Waals surface area (Å²) in [6.07, 6.45) is 1.96. The van der Waals surface area contributed by atoms with Crippen molar-refractivity contribution in [3.8, 4) is 0 Å². The Hall–Kier alpha value is -1.69. The second-order valence-corrected chi connectivity index (χ2v) is 8.01. The van der Waals surface area contributed by atoms with E-state index in [1.54, 1.807) is 0 Å². The summed E-state index contributed by atoms with van der Waals surface area (Å²) < 4.78 is 26.8. The molecule has 1 N–H and O–H groups in total. The first-order valence-corrected chi connectivity index (χ1v) is 9.24. The van der Waals surface area contributed by atoms with Gasteiger partial charge in [0.25, 0.3) is 0 Å². The van der Waals surface area contributed by atoms with Gasteiger partial charge in [-0.3, -0.25) is 0 Å². The van der Waals surface area contributed by atoms with Gasteiger partial charge in [-0.15, -0.1) is 0 Å². The van der Waals surface area contributed by atoms with Gasteiger partial charge >= 0.3 is 0 Å². The number of hydrogen-bond donors (Lipinski definition) is 1.